The Balaban J connectivity index is 2.17. The highest BCUT2D eigenvalue weighted by atomic mass is 79.9. The van der Waals surface area contributed by atoms with Gasteiger partial charge in [0.2, 0.25) is 0 Å². The van der Waals surface area contributed by atoms with Gasteiger partial charge in [-0.2, -0.15) is 0 Å². The number of rotatable bonds is 5. The fourth-order valence-corrected chi connectivity index (χ4v) is 2.67. The maximum absolute atomic E-state index is 11.5. The number of hydrogen-bond acceptors (Lipinski definition) is 3. The largest absolute Gasteiger partial charge is 0.463 e. The van der Waals surface area contributed by atoms with Crippen molar-refractivity contribution >= 4 is 21.9 Å². The maximum atomic E-state index is 11.5. The third kappa shape index (κ3) is 3.85. The van der Waals surface area contributed by atoms with E-state index in [9.17, 15) is 4.79 Å². The smallest absolute Gasteiger partial charge is 0.334 e. The number of fused-ring (bicyclic) bond motifs is 1. The molecule has 0 N–H and O–H groups in total. The van der Waals surface area contributed by atoms with Crippen molar-refractivity contribution in [2.24, 2.45) is 0 Å². The van der Waals surface area contributed by atoms with Crippen molar-refractivity contribution in [1.29, 1.82) is 0 Å². The van der Waals surface area contributed by atoms with Crippen LogP contribution in [0.2, 0.25) is 0 Å². The Kier molecular flexibility index (Phi) is 5.65. The average Bonchev–Trinajstić information content (AvgIpc) is 2.47. The number of carbonyl (C=O) groups is 1. The summed E-state index contributed by atoms with van der Waals surface area (Å²) in [4.78, 5) is 11.5. The molecule has 3 nitrogen and oxygen atoms in total. The third-order valence-corrected chi connectivity index (χ3v) is 3.84. The van der Waals surface area contributed by atoms with Gasteiger partial charge in [-0.3, -0.25) is 0 Å². The minimum Gasteiger partial charge on any atom is -0.463 e. The Labute approximate surface area is 128 Å². The molecule has 0 spiro atoms. The monoisotopic (exact) mass is 338 g/mol. The SMILES string of the molecule is CCOC(=O)C=C(CBr)Oc1cccc2c1CCCC2. The fraction of sp³-hybridized carbons (Fsp3) is 0.438. The summed E-state index contributed by atoms with van der Waals surface area (Å²) >= 11 is 3.35. The van der Waals surface area contributed by atoms with Crippen LogP contribution in [0.3, 0.4) is 0 Å². The maximum Gasteiger partial charge on any atom is 0.334 e. The molecule has 1 aromatic carbocycles. The summed E-state index contributed by atoms with van der Waals surface area (Å²) in [6, 6.07) is 6.13. The number of alkyl halides is 1. The van der Waals surface area contributed by atoms with Gasteiger partial charge in [0.15, 0.2) is 0 Å². The lowest BCUT2D eigenvalue weighted by atomic mass is 9.91. The second-order valence-corrected chi connectivity index (χ2v) is 5.26. The van der Waals surface area contributed by atoms with Crippen LogP contribution < -0.4 is 4.74 Å². The van der Waals surface area contributed by atoms with Gasteiger partial charge in [-0.1, -0.05) is 28.1 Å². The molecule has 0 bridgehead atoms. The molecule has 108 valence electrons. The first-order chi connectivity index (χ1) is 9.74. The predicted molar refractivity (Wildman–Crippen MR) is 82.2 cm³/mol. The summed E-state index contributed by atoms with van der Waals surface area (Å²) in [7, 11) is 0. The molecule has 1 aliphatic carbocycles. The van der Waals surface area contributed by atoms with Crippen LogP contribution in [0.1, 0.15) is 30.9 Å². The number of benzene rings is 1. The molecule has 4 heteroatoms. The molecule has 0 atom stereocenters. The van der Waals surface area contributed by atoms with Crippen molar-refractivity contribution in [3.05, 3.63) is 41.2 Å². The lowest BCUT2D eigenvalue weighted by Crippen LogP contribution is -2.09. The van der Waals surface area contributed by atoms with Crippen molar-refractivity contribution in [1.82, 2.24) is 0 Å². The molecule has 0 saturated heterocycles. The zero-order valence-corrected chi connectivity index (χ0v) is 13.2. The highest BCUT2D eigenvalue weighted by Crippen LogP contribution is 2.30. The van der Waals surface area contributed by atoms with E-state index < -0.39 is 0 Å². The van der Waals surface area contributed by atoms with Gasteiger partial charge in [-0.25, -0.2) is 4.79 Å². The molecular formula is C16H19BrO3. The molecule has 0 radical (unpaired) electrons. The highest BCUT2D eigenvalue weighted by Gasteiger charge is 2.15. The normalized spacial score (nSPS) is 14.6. The van der Waals surface area contributed by atoms with E-state index in [0.29, 0.717) is 17.7 Å². The Morgan fingerprint density at radius 1 is 1.35 bits per heavy atom. The first kappa shape index (κ1) is 15.1. The first-order valence-electron chi connectivity index (χ1n) is 6.96. The number of allylic oxidation sites excluding steroid dienone is 1. The number of ether oxygens (including phenoxy) is 2. The molecule has 0 saturated carbocycles. The summed E-state index contributed by atoms with van der Waals surface area (Å²) in [6.45, 7) is 2.15. The van der Waals surface area contributed by atoms with Crippen LogP contribution in [0.5, 0.6) is 5.75 Å². The van der Waals surface area contributed by atoms with Gasteiger partial charge < -0.3 is 9.47 Å². The van der Waals surface area contributed by atoms with Crippen molar-refractivity contribution < 1.29 is 14.3 Å². The predicted octanol–water partition coefficient (Wildman–Crippen LogP) is 3.79. The van der Waals surface area contributed by atoms with Gasteiger partial charge in [0.25, 0.3) is 0 Å². The molecule has 0 fully saturated rings. The molecular weight excluding hydrogens is 320 g/mol. The highest BCUT2D eigenvalue weighted by molar-refractivity contribution is 9.09. The average molecular weight is 339 g/mol. The number of halogens is 1. The molecule has 0 aliphatic heterocycles. The van der Waals surface area contributed by atoms with Gasteiger partial charge in [0.1, 0.15) is 11.5 Å². The van der Waals surface area contributed by atoms with Gasteiger partial charge in [-0.15, -0.1) is 0 Å². The fourth-order valence-electron chi connectivity index (χ4n) is 2.39. The van der Waals surface area contributed by atoms with Crippen molar-refractivity contribution in [3.63, 3.8) is 0 Å². The first-order valence-corrected chi connectivity index (χ1v) is 8.08. The zero-order chi connectivity index (χ0) is 14.4. The topological polar surface area (TPSA) is 35.5 Å². The second kappa shape index (κ2) is 7.48. The van der Waals surface area contributed by atoms with Crippen molar-refractivity contribution in [2.75, 3.05) is 11.9 Å². The summed E-state index contributed by atoms with van der Waals surface area (Å²) in [5.41, 5.74) is 2.63. The molecule has 0 amide bonds. The molecule has 0 aromatic heterocycles. The van der Waals surface area contributed by atoms with Gasteiger partial charge in [-0.05, 0) is 49.8 Å². The van der Waals surface area contributed by atoms with E-state index in [4.69, 9.17) is 9.47 Å². The molecule has 1 aromatic rings. The van der Waals surface area contributed by atoms with Crippen LogP contribution in [0.4, 0.5) is 0 Å². The Hall–Kier alpha value is -1.29. The van der Waals surface area contributed by atoms with Crippen molar-refractivity contribution in [2.45, 2.75) is 32.6 Å². The standard InChI is InChI=1S/C16H19BrO3/c1-2-19-16(18)10-13(11-17)20-15-9-5-7-12-6-3-4-8-14(12)15/h5,7,9-10H,2-4,6,8,11H2,1H3. The summed E-state index contributed by atoms with van der Waals surface area (Å²) in [6.07, 6.45) is 5.98. The molecule has 0 unspecified atom stereocenters. The van der Waals surface area contributed by atoms with Crippen LogP contribution in [0.15, 0.2) is 30.0 Å². The van der Waals surface area contributed by atoms with Crippen LogP contribution in [0.25, 0.3) is 0 Å². The number of aryl methyl sites for hydroxylation is 1. The van der Waals surface area contributed by atoms with E-state index in [0.717, 1.165) is 18.6 Å². The quantitative estimate of drug-likeness (QED) is 0.354. The summed E-state index contributed by atoms with van der Waals surface area (Å²) < 4.78 is 10.8. The van der Waals surface area contributed by atoms with E-state index in [-0.39, 0.29) is 5.97 Å². The Bertz CT molecular complexity index is 508. The Morgan fingerprint density at radius 2 is 2.15 bits per heavy atom. The van der Waals surface area contributed by atoms with Crippen molar-refractivity contribution in [3.8, 4) is 5.75 Å². The van der Waals surface area contributed by atoms with Crippen LogP contribution in [0, 0.1) is 0 Å². The molecule has 0 heterocycles. The lowest BCUT2D eigenvalue weighted by Gasteiger charge is -2.19. The van der Waals surface area contributed by atoms with Gasteiger partial charge >= 0.3 is 5.97 Å². The van der Waals surface area contributed by atoms with Crippen LogP contribution in [-0.2, 0) is 22.4 Å². The van der Waals surface area contributed by atoms with E-state index in [2.05, 4.69) is 22.0 Å². The minimum atomic E-state index is -0.369. The zero-order valence-electron chi connectivity index (χ0n) is 11.7. The summed E-state index contributed by atoms with van der Waals surface area (Å²) in [5.74, 6) is 1.06. The van der Waals surface area contributed by atoms with Crippen LogP contribution >= 0.6 is 15.9 Å². The lowest BCUT2D eigenvalue weighted by molar-refractivity contribution is -0.137. The molecule has 2 rings (SSSR count). The number of hydrogen-bond donors (Lipinski definition) is 0. The number of esters is 1. The van der Waals surface area contributed by atoms with Gasteiger partial charge in [0.05, 0.1) is 18.0 Å². The van der Waals surface area contributed by atoms with Crippen LogP contribution in [-0.4, -0.2) is 17.9 Å². The summed E-state index contributed by atoms with van der Waals surface area (Å²) in [5, 5.41) is 0.482. The van der Waals surface area contributed by atoms with E-state index >= 15 is 0 Å². The molecule has 20 heavy (non-hydrogen) atoms. The minimum absolute atomic E-state index is 0.367. The Morgan fingerprint density at radius 3 is 2.90 bits per heavy atom. The third-order valence-electron chi connectivity index (χ3n) is 3.29. The van der Waals surface area contributed by atoms with E-state index in [1.165, 1.54) is 30.0 Å². The molecule has 1 aliphatic rings. The van der Waals surface area contributed by atoms with Gasteiger partial charge in [0, 0.05) is 0 Å². The van der Waals surface area contributed by atoms with E-state index in [1.807, 2.05) is 12.1 Å². The van der Waals surface area contributed by atoms with E-state index in [1.54, 1.807) is 6.92 Å². The number of carbonyl (C=O) groups excluding carboxylic acids is 1. The second-order valence-electron chi connectivity index (χ2n) is 4.70.